The molecule has 0 atom stereocenters. The Morgan fingerprint density at radius 1 is 1.30 bits per heavy atom. The van der Waals surface area contributed by atoms with Gasteiger partial charge in [-0.1, -0.05) is 0 Å². The number of furan rings is 1. The van der Waals surface area contributed by atoms with Gasteiger partial charge < -0.3 is 9.73 Å². The number of anilines is 1. The third kappa shape index (κ3) is 2.82. The van der Waals surface area contributed by atoms with Gasteiger partial charge in [-0.15, -0.1) is 0 Å². The van der Waals surface area contributed by atoms with Crippen LogP contribution in [0.5, 0.6) is 0 Å². The predicted molar refractivity (Wildman–Crippen MR) is 67.4 cm³/mol. The smallest absolute Gasteiger partial charge is 0.307 e. The Balaban J connectivity index is 2.31. The second kappa shape index (κ2) is 5.37. The fourth-order valence-corrected chi connectivity index (χ4v) is 1.70. The van der Waals surface area contributed by atoms with Crippen LogP contribution in [0.15, 0.2) is 33.4 Å². The molecule has 1 heterocycles. The van der Waals surface area contributed by atoms with Gasteiger partial charge in [-0.3, -0.25) is 14.9 Å². The zero-order valence-corrected chi connectivity index (χ0v) is 11.1. The highest BCUT2D eigenvalue weighted by Crippen LogP contribution is 2.25. The van der Waals surface area contributed by atoms with Crippen LogP contribution >= 0.6 is 15.9 Å². The predicted octanol–water partition coefficient (Wildman–Crippen LogP) is 3.48. The molecule has 104 valence electrons. The first-order valence-corrected chi connectivity index (χ1v) is 5.88. The maximum Gasteiger partial charge on any atom is 0.307 e. The lowest BCUT2D eigenvalue weighted by molar-refractivity contribution is -0.387. The molecule has 1 aromatic heterocycles. The molecule has 2 aromatic rings. The molecule has 20 heavy (non-hydrogen) atoms. The van der Waals surface area contributed by atoms with Gasteiger partial charge in [0.2, 0.25) is 5.82 Å². The van der Waals surface area contributed by atoms with Crippen LogP contribution in [0.25, 0.3) is 0 Å². The van der Waals surface area contributed by atoms with Crippen molar-refractivity contribution in [3.05, 3.63) is 56.4 Å². The van der Waals surface area contributed by atoms with E-state index in [1.54, 1.807) is 0 Å². The Kier molecular flexibility index (Phi) is 3.79. The second-order valence-corrected chi connectivity index (χ2v) is 4.38. The van der Waals surface area contributed by atoms with Gasteiger partial charge in [0, 0.05) is 12.1 Å². The van der Waals surface area contributed by atoms with Crippen LogP contribution in [0.4, 0.5) is 20.2 Å². The number of amides is 1. The first-order chi connectivity index (χ1) is 9.38. The number of halogens is 3. The van der Waals surface area contributed by atoms with Gasteiger partial charge in [0.15, 0.2) is 10.4 Å². The summed E-state index contributed by atoms with van der Waals surface area (Å²) < 4.78 is 31.8. The zero-order chi connectivity index (χ0) is 14.9. The minimum Gasteiger partial charge on any atom is -0.444 e. The molecule has 0 aliphatic heterocycles. The molecular weight excluding hydrogens is 342 g/mol. The monoisotopic (exact) mass is 346 g/mol. The van der Waals surface area contributed by atoms with Crippen molar-refractivity contribution >= 4 is 33.2 Å². The van der Waals surface area contributed by atoms with Crippen LogP contribution in [0, 0.1) is 21.7 Å². The van der Waals surface area contributed by atoms with E-state index in [1.165, 1.54) is 12.1 Å². The Hall–Kier alpha value is -2.29. The molecule has 9 heteroatoms. The van der Waals surface area contributed by atoms with Crippen LogP contribution in [0.1, 0.15) is 10.6 Å². The van der Waals surface area contributed by atoms with Gasteiger partial charge in [0.25, 0.3) is 5.91 Å². The Morgan fingerprint density at radius 2 is 2.00 bits per heavy atom. The highest BCUT2D eigenvalue weighted by atomic mass is 79.9. The summed E-state index contributed by atoms with van der Waals surface area (Å²) in [5, 5.41) is 12.6. The standard InChI is InChI=1S/C11H5BrF2N2O4/c12-10-2-1-9(20-10)11(17)15-7-4-8(16(18)19)6(14)3-5(7)13/h1-4H,(H,15,17). The van der Waals surface area contributed by atoms with Crippen molar-refractivity contribution in [3.63, 3.8) is 0 Å². The van der Waals surface area contributed by atoms with Crippen molar-refractivity contribution in [3.8, 4) is 0 Å². The van der Waals surface area contributed by atoms with Gasteiger partial charge in [-0.2, -0.15) is 4.39 Å². The fourth-order valence-electron chi connectivity index (χ4n) is 1.39. The largest absolute Gasteiger partial charge is 0.444 e. The number of nitro benzene ring substituents is 1. The van der Waals surface area contributed by atoms with Crippen LogP contribution in [-0.4, -0.2) is 10.8 Å². The van der Waals surface area contributed by atoms with E-state index in [0.717, 1.165) is 0 Å². The van der Waals surface area contributed by atoms with Gasteiger partial charge in [0.1, 0.15) is 5.82 Å². The molecule has 1 N–H and O–H groups in total. The Labute approximate surface area is 118 Å². The number of carbonyl (C=O) groups is 1. The van der Waals surface area contributed by atoms with E-state index >= 15 is 0 Å². The summed E-state index contributed by atoms with van der Waals surface area (Å²) in [5.41, 5.74) is -1.46. The molecule has 0 aliphatic carbocycles. The molecule has 0 fully saturated rings. The second-order valence-electron chi connectivity index (χ2n) is 3.60. The van der Waals surface area contributed by atoms with Gasteiger partial charge in [-0.05, 0) is 28.1 Å². The molecule has 0 bridgehead atoms. The summed E-state index contributed by atoms with van der Waals surface area (Å²) >= 11 is 2.98. The normalized spacial score (nSPS) is 10.3. The van der Waals surface area contributed by atoms with Crippen molar-refractivity contribution in [2.24, 2.45) is 0 Å². The third-order valence-electron chi connectivity index (χ3n) is 2.28. The van der Waals surface area contributed by atoms with E-state index in [4.69, 9.17) is 4.42 Å². The van der Waals surface area contributed by atoms with Crippen molar-refractivity contribution in [1.29, 1.82) is 0 Å². The quantitative estimate of drug-likeness (QED) is 0.680. The highest BCUT2D eigenvalue weighted by molar-refractivity contribution is 9.10. The summed E-state index contributed by atoms with van der Waals surface area (Å²) in [7, 11) is 0. The lowest BCUT2D eigenvalue weighted by atomic mass is 10.2. The minimum atomic E-state index is -1.33. The maximum absolute atomic E-state index is 13.5. The van der Waals surface area contributed by atoms with Gasteiger partial charge >= 0.3 is 5.69 Å². The molecule has 0 spiro atoms. The Bertz CT molecular complexity index is 702. The van der Waals surface area contributed by atoms with Crippen LogP contribution in [-0.2, 0) is 0 Å². The summed E-state index contributed by atoms with van der Waals surface area (Å²) in [6, 6.07) is 3.68. The fraction of sp³-hybridized carbons (Fsp3) is 0. The average Bonchev–Trinajstić information content (AvgIpc) is 2.79. The first-order valence-electron chi connectivity index (χ1n) is 5.08. The molecule has 6 nitrogen and oxygen atoms in total. The van der Waals surface area contributed by atoms with E-state index in [0.29, 0.717) is 12.1 Å². The SMILES string of the molecule is O=C(Nc1cc([N+](=O)[O-])c(F)cc1F)c1ccc(Br)o1. The molecule has 0 radical (unpaired) electrons. The van der Waals surface area contributed by atoms with Crippen LogP contribution < -0.4 is 5.32 Å². The van der Waals surface area contributed by atoms with Crippen molar-refractivity contribution < 1.29 is 22.9 Å². The first kappa shape index (κ1) is 14.1. The van der Waals surface area contributed by atoms with Gasteiger partial charge in [0.05, 0.1) is 10.6 Å². The summed E-state index contributed by atoms with van der Waals surface area (Å²) in [6.45, 7) is 0. The lowest BCUT2D eigenvalue weighted by Crippen LogP contribution is -2.12. The topological polar surface area (TPSA) is 85.4 Å². The molecule has 0 saturated carbocycles. The highest BCUT2D eigenvalue weighted by Gasteiger charge is 2.20. The molecule has 0 aliphatic rings. The molecule has 0 unspecified atom stereocenters. The number of hydrogen-bond donors (Lipinski definition) is 1. The lowest BCUT2D eigenvalue weighted by Gasteiger charge is -2.05. The average molecular weight is 347 g/mol. The Morgan fingerprint density at radius 3 is 2.55 bits per heavy atom. The van der Waals surface area contributed by atoms with Crippen molar-refractivity contribution in [2.75, 3.05) is 5.32 Å². The minimum absolute atomic E-state index is 0.136. The third-order valence-corrected chi connectivity index (χ3v) is 2.70. The number of carbonyl (C=O) groups excluding carboxylic acids is 1. The summed E-state index contributed by atoms with van der Waals surface area (Å²) in [5.74, 6) is -3.42. The van der Waals surface area contributed by atoms with Crippen molar-refractivity contribution in [1.82, 2.24) is 0 Å². The van der Waals surface area contributed by atoms with E-state index in [-0.39, 0.29) is 10.4 Å². The van der Waals surface area contributed by atoms with Gasteiger partial charge in [-0.25, -0.2) is 4.39 Å². The molecule has 1 amide bonds. The number of benzene rings is 1. The zero-order valence-electron chi connectivity index (χ0n) is 9.52. The molecule has 0 saturated heterocycles. The van der Waals surface area contributed by atoms with Crippen LogP contribution in [0.2, 0.25) is 0 Å². The number of rotatable bonds is 3. The number of nitro groups is 1. The molecule has 2 rings (SSSR count). The summed E-state index contributed by atoms with van der Waals surface area (Å²) in [6.07, 6.45) is 0. The maximum atomic E-state index is 13.5. The van der Waals surface area contributed by atoms with E-state index in [9.17, 15) is 23.7 Å². The van der Waals surface area contributed by atoms with Crippen molar-refractivity contribution in [2.45, 2.75) is 0 Å². The molecule has 1 aromatic carbocycles. The van der Waals surface area contributed by atoms with Crippen LogP contribution in [0.3, 0.4) is 0 Å². The van der Waals surface area contributed by atoms with E-state index in [1.807, 2.05) is 0 Å². The number of nitrogens with zero attached hydrogens (tertiary/aromatic N) is 1. The van der Waals surface area contributed by atoms with E-state index < -0.39 is 33.8 Å². The number of nitrogens with one attached hydrogen (secondary N) is 1. The van der Waals surface area contributed by atoms with E-state index in [2.05, 4.69) is 21.2 Å². The summed E-state index contributed by atoms with van der Waals surface area (Å²) in [4.78, 5) is 21.2. The number of hydrogen-bond acceptors (Lipinski definition) is 4. The molecular formula is C11H5BrF2N2O4.